The SMILES string of the molecule is Cc1ccc(C(Sc2ncc[nH]2)c2cn3cccnc3n2)cc1. The van der Waals surface area contributed by atoms with E-state index in [1.54, 1.807) is 24.2 Å². The Morgan fingerprint density at radius 3 is 2.74 bits per heavy atom. The number of hydrogen-bond donors (Lipinski definition) is 1. The van der Waals surface area contributed by atoms with Crippen LogP contribution >= 0.6 is 11.8 Å². The monoisotopic (exact) mass is 321 g/mol. The van der Waals surface area contributed by atoms with Crippen molar-refractivity contribution in [2.24, 2.45) is 0 Å². The number of nitrogens with one attached hydrogen (secondary N) is 1. The zero-order chi connectivity index (χ0) is 15.6. The first-order valence-electron chi connectivity index (χ1n) is 7.32. The molecular weight excluding hydrogens is 306 g/mol. The van der Waals surface area contributed by atoms with Gasteiger partial charge in [0.1, 0.15) is 0 Å². The van der Waals surface area contributed by atoms with Gasteiger partial charge in [0, 0.05) is 31.0 Å². The fraction of sp³-hybridized carbons (Fsp3) is 0.118. The first kappa shape index (κ1) is 14.0. The van der Waals surface area contributed by atoms with E-state index in [0.29, 0.717) is 5.78 Å². The summed E-state index contributed by atoms with van der Waals surface area (Å²) in [6.07, 6.45) is 9.34. The second kappa shape index (κ2) is 5.89. The van der Waals surface area contributed by atoms with E-state index in [1.165, 1.54) is 11.1 Å². The Morgan fingerprint density at radius 2 is 2.00 bits per heavy atom. The highest BCUT2D eigenvalue weighted by Crippen LogP contribution is 2.38. The molecule has 0 aliphatic heterocycles. The van der Waals surface area contributed by atoms with Crippen molar-refractivity contribution >= 4 is 17.5 Å². The van der Waals surface area contributed by atoms with Crippen molar-refractivity contribution in [2.45, 2.75) is 17.3 Å². The number of thioether (sulfide) groups is 1. The number of imidazole rings is 2. The summed E-state index contributed by atoms with van der Waals surface area (Å²) in [6, 6.07) is 10.4. The Kier molecular flexibility index (Phi) is 3.59. The maximum Gasteiger partial charge on any atom is 0.233 e. The Balaban J connectivity index is 1.78. The van der Waals surface area contributed by atoms with Gasteiger partial charge >= 0.3 is 0 Å². The van der Waals surface area contributed by atoms with Gasteiger partial charge in [-0.1, -0.05) is 41.6 Å². The molecule has 23 heavy (non-hydrogen) atoms. The number of aromatic amines is 1. The van der Waals surface area contributed by atoms with E-state index in [0.717, 1.165) is 10.9 Å². The molecule has 0 amide bonds. The van der Waals surface area contributed by atoms with Crippen LogP contribution in [0.4, 0.5) is 0 Å². The molecule has 1 N–H and O–H groups in total. The lowest BCUT2D eigenvalue weighted by molar-refractivity contribution is 1.02. The van der Waals surface area contributed by atoms with E-state index in [9.17, 15) is 0 Å². The highest BCUT2D eigenvalue weighted by Gasteiger charge is 2.20. The normalized spacial score (nSPS) is 12.6. The largest absolute Gasteiger partial charge is 0.340 e. The van der Waals surface area contributed by atoms with Gasteiger partial charge in [-0.3, -0.25) is 4.40 Å². The maximum absolute atomic E-state index is 4.68. The molecule has 3 aromatic heterocycles. The molecule has 114 valence electrons. The summed E-state index contributed by atoms with van der Waals surface area (Å²) in [5.41, 5.74) is 3.40. The van der Waals surface area contributed by atoms with E-state index in [1.807, 2.05) is 29.1 Å². The molecule has 1 atom stereocenters. The standard InChI is InChI=1S/C17H15N5S/c1-12-3-5-13(6-4-12)15(23-17-19-8-9-20-17)14-11-22-10-2-7-18-16(22)21-14/h2-11,15H,1H3,(H,19,20). The van der Waals surface area contributed by atoms with Crippen LogP contribution in [0.1, 0.15) is 22.1 Å². The summed E-state index contributed by atoms with van der Waals surface area (Å²) in [7, 11) is 0. The summed E-state index contributed by atoms with van der Waals surface area (Å²) in [5.74, 6) is 0.708. The van der Waals surface area contributed by atoms with Gasteiger partial charge < -0.3 is 4.98 Å². The van der Waals surface area contributed by atoms with Crippen LogP contribution in [-0.4, -0.2) is 24.3 Å². The van der Waals surface area contributed by atoms with Gasteiger partial charge in [-0.15, -0.1) is 0 Å². The third kappa shape index (κ3) is 2.85. The van der Waals surface area contributed by atoms with Crippen LogP contribution in [0.5, 0.6) is 0 Å². The Morgan fingerprint density at radius 1 is 1.13 bits per heavy atom. The topological polar surface area (TPSA) is 58.9 Å². The van der Waals surface area contributed by atoms with Crippen LogP contribution in [0.15, 0.2) is 66.5 Å². The molecule has 0 saturated carbocycles. The third-order valence-electron chi connectivity index (χ3n) is 3.61. The Hall–Kier alpha value is -2.60. The van der Waals surface area contributed by atoms with Gasteiger partial charge in [0.2, 0.25) is 5.78 Å². The summed E-state index contributed by atoms with van der Waals surface area (Å²) in [4.78, 5) is 16.5. The van der Waals surface area contributed by atoms with E-state index in [2.05, 4.69) is 51.1 Å². The zero-order valence-corrected chi connectivity index (χ0v) is 13.4. The average Bonchev–Trinajstić information content (AvgIpc) is 3.22. The molecule has 0 aliphatic carbocycles. The molecule has 0 spiro atoms. The van der Waals surface area contributed by atoms with Crippen LogP contribution in [0.25, 0.3) is 5.78 Å². The predicted molar refractivity (Wildman–Crippen MR) is 90.5 cm³/mol. The number of hydrogen-bond acceptors (Lipinski definition) is 4. The molecule has 0 bridgehead atoms. The molecule has 1 unspecified atom stereocenters. The van der Waals surface area contributed by atoms with Crippen LogP contribution in [-0.2, 0) is 0 Å². The van der Waals surface area contributed by atoms with Crippen LogP contribution < -0.4 is 0 Å². The molecule has 0 aliphatic rings. The minimum absolute atomic E-state index is 0.0587. The Bertz CT molecular complexity index is 879. The molecular formula is C17H15N5S. The average molecular weight is 321 g/mol. The second-order valence-electron chi connectivity index (χ2n) is 5.30. The lowest BCUT2D eigenvalue weighted by Gasteiger charge is -2.13. The van der Waals surface area contributed by atoms with Crippen LogP contribution in [0, 0.1) is 6.92 Å². The first-order chi connectivity index (χ1) is 11.3. The van der Waals surface area contributed by atoms with Gasteiger partial charge in [-0.2, -0.15) is 0 Å². The summed E-state index contributed by atoms with van der Waals surface area (Å²) < 4.78 is 1.94. The summed E-state index contributed by atoms with van der Waals surface area (Å²) in [6.45, 7) is 2.09. The molecule has 4 aromatic rings. The number of rotatable bonds is 4. The summed E-state index contributed by atoms with van der Waals surface area (Å²) >= 11 is 1.65. The van der Waals surface area contributed by atoms with E-state index >= 15 is 0 Å². The molecule has 5 nitrogen and oxygen atoms in total. The second-order valence-corrected chi connectivity index (χ2v) is 6.39. The fourth-order valence-electron chi connectivity index (χ4n) is 2.44. The van der Waals surface area contributed by atoms with Crippen molar-refractivity contribution in [3.05, 3.63) is 78.1 Å². The minimum Gasteiger partial charge on any atom is -0.340 e. The number of H-pyrrole nitrogens is 1. The first-order valence-corrected chi connectivity index (χ1v) is 8.20. The van der Waals surface area contributed by atoms with Crippen molar-refractivity contribution in [2.75, 3.05) is 0 Å². The number of nitrogens with zero attached hydrogens (tertiary/aromatic N) is 4. The van der Waals surface area contributed by atoms with Crippen molar-refractivity contribution in [3.63, 3.8) is 0 Å². The van der Waals surface area contributed by atoms with Crippen molar-refractivity contribution < 1.29 is 0 Å². The smallest absolute Gasteiger partial charge is 0.233 e. The molecule has 0 radical (unpaired) electrons. The number of fused-ring (bicyclic) bond motifs is 1. The molecule has 3 heterocycles. The van der Waals surface area contributed by atoms with E-state index in [4.69, 9.17) is 0 Å². The van der Waals surface area contributed by atoms with Gasteiger partial charge in [0.15, 0.2) is 5.16 Å². The fourth-order valence-corrected chi connectivity index (χ4v) is 3.45. The van der Waals surface area contributed by atoms with Gasteiger partial charge in [-0.05, 0) is 18.6 Å². The number of benzene rings is 1. The zero-order valence-electron chi connectivity index (χ0n) is 12.5. The molecule has 0 saturated heterocycles. The Labute approximate surface area is 137 Å². The predicted octanol–water partition coefficient (Wildman–Crippen LogP) is 3.64. The third-order valence-corrected chi connectivity index (χ3v) is 4.80. The molecule has 0 fully saturated rings. The van der Waals surface area contributed by atoms with Crippen molar-refractivity contribution in [3.8, 4) is 0 Å². The maximum atomic E-state index is 4.68. The lowest BCUT2D eigenvalue weighted by Crippen LogP contribution is -1.98. The van der Waals surface area contributed by atoms with Crippen molar-refractivity contribution in [1.82, 2.24) is 24.3 Å². The molecule has 1 aromatic carbocycles. The van der Waals surface area contributed by atoms with Gasteiger partial charge in [0.25, 0.3) is 0 Å². The highest BCUT2D eigenvalue weighted by atomic mass is 32.2. The van der Waals surface area contributed by atoms with Crippen LogP contribution in [0.3, 0.4) is 0 Å². The molecule has 6 heteroatoms. The van der Waals surface area contributed by atoms with Gasteiger partial charge in [-0.25, -0.2) is 15.0 Å². The number of aryl methyl sites for hydroxylation is 1. The van der Waals surface area contributed by atoms with E-state index in [-0.39, 0.29) is 5.25 Å². The lowest BCUT2D eigenvalue weighted by atomic mass is 10.1. The number of aromatic nitrogens is 5. The van der Waals surface area contributed by atoms with E-state index < -0.39 is 0 Å². The van der Waals surface area contributed by atoms with Crippen LogP contribution in [0.2, 0.25) is 0 Å². The highest BCUT2D eigenvalue weighted by molar-refractivity contribution is 7.99. The summed E-state index contributed by atoms with van der Waals surface area (Å²) in [5, 5.41) is 0.934. The van der Waals surface area contributed by atoms with Crippen molar-refractivity contribution in [1.29, 1.82) is 0 Å². The molecule has 4 rings (SSSR count). The minimum atomic E-state index is 0.0587. The quantitative estimate of drug-likeness (QED) is 0.583. The van der Waals surface area contributed by atoms with Gasteiger partial charge in [0.05, 0.1) is 10.9 Å².